The van der Waals surface area contributed by atoms with Crippen LogP contribution in [0.5, 0.6) is 5.75 Å². The van der Waals surface area contributed by atoms with Crippen molar-refractivity contribution in [2.75, 3.05) is 38.8 Å². The molecule has 0 unspecified atom stereocenters. The van der Waals surface area contributed by atoms with E-state index < -0.39 is 6.10 Å². The topological polar surface area (TPSA) is 50.8 Å². The van der Waals surface area contributed by atoms with Crippen molar-refractivity contribution in [1.29, 1.82) is 0 Å². The third-order valence-corrected chi connectivity index (χ3v) is 3.02. The van der Waals surface area contributed by atoms with Gasteiger partial charge in [0.15, 0.2) is 6.10 Å². The Kier molecular flexibility index (Phi) is 4.04. The number of benzene rings is 1. The second kappa shape index (κ2) is 5.73. The second-order valence-corrected chi connectivity index (χ2v) is 4.12. The average molecular weight is 250 g/mol. The molecule has 1 aromatic carbocycles. The van der Waals surface area contributed by atoms with Gasteiger partial charge in [-0.2, -0.15) is 0 Å². The predicted octanol–water partition coefficient (Wildman–Crippen LogP) is 0.646. The first-order valence-corrected chi connectivity index (χ1v) is 5.97. The Bertz CT molecular complexity index is 422. The second-order valence-electron chi connectivity index (χ2n) is 4.12. The molecule has 0 spiro atoms. The van der Waals surface area contributed by atoms with Crippen LogP contribution in [0.2, 0.25) is 0 Å². The van der Waals surface area contributed by atoms with Gasteiger partial charge in [0.25, 0.3) is 5.91 Å². The van der Waals surface area contributed by atoms with E-state index in [-0.39, 0.29) is 5.91 Å². The van der Waals surface area contributed by atoms with Crippen LogP contribution >= 0.6 is 0 Å². The molecule has 5 heteroatoms. The molecule has 1 atom stereocenters. The number of ether oxygens (including phenoxy) is 2. The molecule has 0 aromatic heterocycles. The van der Waals surface area contributed by atoms with E-state index in [1.807, 2.05) is 24.3 Å². The van der Waals surface area contributed by atoms with Crippen molar-refractivity contribution in [1.82, 2.24) is 5.32 Å². The van der Waals surface area contributed by atoms with Gasteiger partial charge >= 0.3 is 0 Å². The summed E-state index contributed by atoms with van der Waals surface area (Å²) >= 11 is 0. The summed E-state index contributed by atoms with van der Waals surface area (Å²) in [5, 5.41) is 2.61. The molecule has 1 aliphatic heterocycles. The van der Waals surface area contributed by atoms with Crippen molar-refractivity contribution in [3.8, 4) is 5.75 Å². The van der Waals surface area contributed by atoms with E-state index in [0.29, 0.717) is 13.2 Å². The average Bonchev–Trinajstić information content (AvgIpc) is 2.46. The normalized spacial score (nSPS) is 19.4. The molecule has 1 amide bonds. The summed E-state index contributed by atoms with van der Waals surface area (Å²) in [6.45, 7) is 1.89. The van der Waals surface area contributed by atoms with Crippen LogP contribution in [0.1, 0.15) is 0 Å². The van der Waals surface area contributed by atoms with Crippen molar-refractivity contribution in [3.05, 3.63) is 24.3 Å². The Morgan fingerprint density at radius 2 is 2.39 bits per heavy atom. The minimum atomic E-state index is -0.407. The molecule has 1 aliphatic rings. The number of rotatable bonds is 3. The van der Waals surface area contributed by atoms with E-state index in [9.17, 15) is 4.79 Å². The van der Waals surface area contributed by atoms with Crippen LogP contribution in [0.25, 0.3) is 0 Å². The van der Waals surface area contributed by atoms with E-state index >= 15 is 0 Å². The van der Waals surface area contributed by atoms with E-state index in [2.05, 4.69) is 10.2 Å². The minimum Gasteiger partial charge on any atom is -0.497 e. The first kappa shape index (κ1) is 12.7. The number of methoxy groups -OCH3 is 1. The van der Waals surface area contributed by atoms with Gasteiger partial charge in [-0.15, -0.1) is 0 Å². The van der Waals surface area contributed by atoms with Crippen LogP contribution in [-0.4, -0.2) is 45.9 Å². The largest absolute Gasteiger partial charge is 0.497 e. The Morgan fingerprint density at radius 3 is 3.11 bits per heavy atom. The molecule has 0 aliphatic carbocycles. The zero-order valence-electron chi connectivity index (χ0n) is 10.7. The maximum atomic E-state index is 11.6. The number of likely N-dealkylation sites (N-methyl/N-ethyl adjacent to an activating group) is 1. The van der Waals surface area contributed by atoms with Crippen molar-refractivity contribution >= 4 is 11.6 Å². The van der Waals surface area contributed by atoms with Gasteiger partial charge in [0, 0.05) is 25.3 Å². The van der Waals surface area contributed by atoms with Gasteiger partial charge in [0.1, 0.15) is 5.75 Å². The smallest absolute Gasteiger partial charge is 0.250 e. The molecule has 0 saturated carbocycles. The van der Waals surface area contributed by atoms with Crippen LogP contribution in [0.15, 0.2) is 24.3 Å². The van der Waals surface area contributed by atoms with E-state index in [1.165, 1.54) is 0 Å². The number of carbonyl (C=O) groups excluding carboxylic acids is 1. The molecule has 1 N–H and O–H groups in total. The molecule has 5 nitrogen and oxygen atoms in total. The third kappa shape index (κ3) is 2.73. The molecule has 0 radical (unpaired) electrons. The van der Waals surface area contributed by atoms with Gasteiger partial charge < -0.3 is 19.7 Å². The fourth-order valence-corrected chi connectivity index (χ4v) is 2.01. The Hall–Kier alpha value is -1.75. The monoisotopic (exact) mass is 250 g/mol. The lowest BCUT2D eigenvalue weighted by molar-refractivity contribution is -0.132. The van der Waals surface area contributed by atoms with Crippen LogP contribution in [0.3, 0.4) is 0 Å². The number of hydrogen-bond acceptors (Lipinski definition) is 4. The standard InChI is InChI=1S/C13H18N2O3/c1-14-13(16)12-9-15(6-7-18-12)10-4-3-5-11(8-10)17-2/h3-5,8,12H,6-7,9H2,1-2H3,(H,14,16)/t12-/m0/s1. The lowest BCUT2D eigenvalue weighted by Gasteiger charge is -2.33. The highest BCUT2D eigenvalue weighted by Crippen LogP contribution is 2.22. The maximum Gasteiger partial charge on any atom is 0.250 e. The molecular formula is C13H18N2O3. The van der Waals surface area contributed by atoms with E-state index in [1.54, 1.807) is 14.2 Å². The maximum absolute atomic E-state index is 11.6. The number of amides is 1. The summed E-state index contributed by atoms with van der Waals surface area (Å²) < 4.78 is 10.7. The van der Waals surface area contributed by atoms with Gasteiger partial charge in [-0.1, -0.05) is 6.07 Å². The van der Waals surface area contributed by atoms with Gasteiger partial charge in [0.05, 0.1) is 20.3 Å². The summed E-state index contributed by atoms with van der Waals surface area (Å²) in [6, 6.07) is 7.82. The zero-order chi connectivity index (χ0) is 13.0. The molecule has 1 saturated heterocycles. The van der Waals surface area contributed by atoms with Crippen LogP contribution < -0.4 is 15.0 Å². The quantitative estimate of drug-likeness (QED) is 0.855. The fraction of sp³-hybridized carbons (Fsp3) is 0.462. The summed E-state index contributed by atoms with van der Waals surface area (Å²) in [5.74, 6) is 0.734. The van der Waals surface area contributed by atoms with Gasteiger partial charge in [0.2, 0.25) is 0 Å². The highest BCUT2D eigenvalue weighted by Gasteiger charge is 2.26. The van der Waals surface area contributed by atoms with Crippen LogP contribution in [0.4, 0.5) is 5.69 Å². The summed E-state index contributed by atoms with van der Waals surface area (Å²) in [7, 11) is 3.27. The minimum absolute atomic E-state index is 0.0809. The van der Waals surface area contributed by atoms with Crippen molar-refractivity contribution < 1.29 is 14.3 Å². The molecular weight excluding hydrogens is 232 g/mol. The molecule has 98 valence electrons. The number of carbonyl (C=O) groups is 1. The Labute approximate surface area is 107 Å². The number of morpholine rings is 1. The highest BCUT2D eigenvalue weighted by atomic mass is 16.5. The summed E-state index contributed by atoms with van der Waals surface area (Å²) in [6.07, 6.45) is -0.407. The lowest BCUT2D eigenvalue weighted by atomic mass is 10.2. The molecule has 1 heterocycles. The van der Waals surface area contributed by atoms with Crippen LogP contribution in [0, 0.1) is 0 Å². The number of nitrogens with zero attached hydrogens (tertiary/aromatic N) is 1. The SMILES string of the molecule is CNC(=O)[C@@H]1CN(c2cccc(OC)c2)CCO1. The van der Waals surface area contributed by atoms with E-state index in [4.69, 9.17) is 9.47 Å². The molecule has 18 heavy (non-hydrogen) atoms. The first-order valence-electron chi connectivity index (χ1n) is 5.97. The number of nitrogens with one attached hydrogen (secondary N) is 1. The van der Waals surface area contributed by atoms with Gasteiger partial charge in [-0.3, -0.25) is 4.79 Å². The lowest BCUT2D eigenvalue weighted by Crippen LogP contribution is -2.49. The van der Waals surface area contributed by atoms with Crippen molar-refractivity contribution in [3.63, 3.8) is 0 Å². The Balaban J connectivity index is 2.10. The van der Waals surface area contributed by atoms with Crippen molar-refractivity contribution in [2.24, 2.45) is 0 Å². The van der Waals surface area contributed by atoms with Gasteiger partial charge in [-0.25, -0.2) is 0 Å². The van der Waals surface area contributed by atoms with Crippen molar-refractivity contribution in [2.45, 2.75) is 6.10 Å². The first-order chi connectivity index (χ1) is 8.74. The Morgan fingerprint density at radius 1 is 1.56 bits per heavy atom. The van der Waals surface area contributed by atoms with E-state index in [0.717, 1.165) is 18.0 Å². The zero-order valence-corrected chi connectivity index (χ0v) is 10.7. The molecule has 0 bridgehead atoms. The fourth-order valence-electron chi connectivity index (χ4n) is 2.01. The molecule has 2 rings (SSSR count). The number of anilines is 1. The molecule has 1 fully saturated rings. The summed E-state index contributed by atoms with van der Waals surface area (Å²) in [4.78, 5) is 13.7. The van der Waals surface area contributed by atoms with Gasteiger partial charge in [-0.05, 0) is 12.1 Å². The summed E-state index contributed by atoms with van der Waals surface area (Å²) in [5.41, 5.74) is 1.05. The third-order valence-electron chi connectivity index (χ3n) is 3.02. The highest BCUT2D eigenvalue weighted by molar-refractivity contribution is 5.81. The van der Waals surface area contributed by atoms with Crippen LogP contribution in [-0.2, 0) is 9.53 Å². The number of hydrogen-bond donors (Lipinski definition) is 1. The molecule has 1 aromatic rings. The predicted molar refractivity (Wildman–Crippen MR) is 69.0 cm³/mol.